The van der Waals surface area contributed by atoms with E-state index in [-0.39, 0.29) is 6.26 Å². The van der Waals surface area contributed by atoms with Crippen LogP contribution in [0.3, 0.4) is 0 Å². The lowest BCUT2D eigenvalue weighted by atomic mass is 10.3. The molecular formula is C7H5F9O. The zero-order valence-electron chi connectivity index (χ0n) is 7.80. The summed E-state index contributed by atoms with van der Waals surface area (Å²) in [7, 11) is 0. The molecule has 0 radical (unpaired) electrons. The summed E-state index contributed by atoms with van der Waals surface area (Å²) in [6.07, 6.45) is -14.0. The molecule has 0 aliphatic rings. The van der Waals surface area contributed by atoms with Gasteiger partial charge in [-0.1, -0.05) is 6.58 Å². The smallest absolute Gasteiger partial charge is 0.436 e. The standard InChI is InChI=1S/C5H3F7O.C2H2F2/c1-2-13-5(11,12)3(6,7)4(8,9)10;1-2(3)4/h2H,1H2;1H2. The van der Waals surface area contributed by atoms with Crippen molar-refractivity contribution in [2.45, 2.75) is 18.2 Å². The fourth-order valence-electron chi connectivity index (χ4n) is 0.344. The molecular weight excluding hydrogens is 271 g/mol. The van der Waals surface area contributed by atoms with Gasteiger partial charge in [0.05, 0.1) is 6.26 Å². The summed E-state index contributed by atoms with van der Waals surface area (Å²) < 4.78 is 105. The van der Waals surface area contributed by atoms with Crippen LogP contribution in [0, 0.1) is 0 Å². The molecule has 0 aromatic carbocycles. The molecule has 0 amide bonds. The lowest BCUT2D eigenvalue weighted by Gasteiger charge is -2.26. The molecule has 0 atom stereocenters. The van der Waals surface area contributed by atoms with Gasteiger partial charge in [0.25, 0.3) is 6.08 Å². The Balaban J connectivity index is 0. The van der Waals surface area contributed by atoms with E-state index < -0.39 is 24.3 Å². The molecule has 0 saturated carbocycles. The molecule has 102 valence electrons. The minimum atomic E-state index is -6.38. The minimum absolute atomic E-state index is 0.195. The van der Waals surface area contributed by atoms with E-state index in [0.29, 0.717) is 0 Å². The first-order chi connectivity index (χ1) is 7.29. The molecule has 0 N–H and O–H groups in total. The average Bonchev–Trinajstić information content (AvgIpc) is 1.99. The van der Waals surface area contributed by atoms with Gasteiger partial charge < -0.3 is 4.74 Å². The molecule has 0 bridgehead atoms. The van der Waals surface area contributed by atoms with Crippen molar-refractivity contribution in [2.24, 2.45) is 0 Å². The predicted octanol–water partition coefficient (Wildman–Crippen LogP) is 4.33. The lowest BCUT2D eigenvalue weighted by molar-refractivity contribution is -0.412. The molecule has 0 heterocycles. The summed E-state index contributed by atoms with van der Waals surface area (Å²) in [6, 6.07) is 0. The van der Waals surface area contributed by atoms with Gasteiger partial charge in [0, 0.05) is 0 Å². The summed E-state index contributed by atoms with van der Waals surface area (Å²) >= 11 is 0. The van der Waals surface area contributed by atoms with Crippen molar-refractivity contribution in [1.29, 1.82) is 0 Å². The third-order valence-corrected chi connectivity index (χ3v) is 0.953. The van der Waals surface area contributed by atoms with Crippen LogP contribution in [0.1, 0.15) is 0 Å². The van der Waals surface area contributed by atoms with Gasteiger partial charge in [0.1, 0.15) is 0 Å². The highest BCUT2D eigenvalue weighted by Crippen LogP contribution is 2.46. The molecule has 0 aromatic rings. The number of halogens is 9. The molecule has 0 fully saturated rings. The lowest BCUT2D eigenvalue weighted by Crippen LogP contribution is -2.52. The highest BCUT2D eigenvalue weighted by molar-refractivity contribution is 4.85. The van der Waals surface area contributed by atoms with Crippen molar-refractivity contribution < 1.29 is 44.3 Å². The van der Waals surface area contributed by atoms with Crippen LogP contribution in [-0.4, -0.2) is 18.2 Å². The fourth-order valence-corrected chi connectivity index (χ4v) is 0.344. The van der Waals surface area contributed by atoms with E-state index in [0.717, 1.165) is 0 Å². The SMILES string of the molecule is C=C(F)F.C=COC(F)(F)C(F)(F)C(F)(F)F. The van der Waals surface area contributed by atoms with Crippen molar-refractivity contribution >= 4 is 0 Å². The minimum Gasteiger partial charge on any atom is -0.436 e. The van der Waals surface area contributed by atoms with Crippen LogP contribution in [-0.2, 0) is 4.74 Å². The highest BCUT2D eigenvalue weighted by atomic mass is 19.4. The van der Waals surface area contributed by atoms with Gasteiger partial charge in [-0.2, -0.15) is 39.5 Å². The van der Waals surface area contributed by atoms with Gasteiger partial charge >= 0.3 is 18.2 Å². The Morgan fingerprint density at radius 1 is 0.941 bits per heavy atom. The summed E-state index contributed by atoms with van der Waals surface area (Å²) in [5.41, 5.74) is 0. The van der Waals surface area contributed by atoms with Gasteiger partial charge in [0.2, 0.25) is 0 Å². The third-order valence-electron chi connectivity index (χ3n) is 0.953. The molecule has 1 nitrogen and oxygen atoms in total. The van der Waals surface area contributed by atoms with Crippen LogP contribution < -0.4 is 0 Å². The highest BCUT2D eigenvalue weighted by Gasteiger charge is 2.75. The Labute approximate surface area is 89.2 Å². The maximum absolute atomic E-state index is 11.9. The van der Waals surface area contributed by atoms with E-state index in [1.54, 1.807) is 0 Å². The predicted molar refractivity (Wildman–Crippen MR) is 38.6 cm³/mol. The Morgan fingerprint density at radius 3 is 1.41 bits per heavy atom. The monoisotopic (exact) mass is 276 g/mol. The van der Waals surface area contributed by atoms with E-state index in [2.05, 4.69) is 17.9 Å². The van der Waals surface area contributed by atoms with Crippen LogP contribution in [0.2, 0.25) is 0 Å². The van der Waals surface area contributed by atoms with Gasteiger partial charge in [0.15, 0.2) is 0 Å². The normalized spacial score (nSPS) is 12.3. The first-order valence-corrected chi connectivity index (χ1v) is 3.40. The first kappa shape index (κ1) is 18.0. The van der Waals surface area contributed by atoms with Crippen LogP contribution in [0.4, 0.5) is 39.5 Å². The Hall–Kier alpha value is -1.35. The van der Waals surface area contributed by atoms with Crippen molar-refractivity contribution in [2.75, 3.05) is 0 Å². The maximum Gasteiger partial charge on any atom is 0.473 e. The molecule has 0 aliphatic carbocycles. The second-order valence-electron chi connectivity index (χ2n) is 2.21. The van der Waals surface area contributed by atoms with E-state index in [1.807, 2.05) is 0 Å². The molecule has 0 aliphatic heterocycles. The van der Waals surface area contributed by atoms with E-state index in [4.69, 9.17) is 0 Å². The zero-order valence-corrected chi connectivity index (χ0v) is 7.80. The van der Waals surface area contributed by atoms with Crippen molar-refractivity contribution in [3.8, 4) is 0 Å². The number of hydrogen-bond acceptors (Lipinski definition) is 1. The van der Waals surface area contributed by atoms with E-state index in [9.17, 15) is 39.5 Å². The first-order valence-electron chi connectivity index (χ1n) is 3.40. The summed E-state index contributed by atoms with van der Waals surface area (Å²) in [6.45, 7) is 4.66. The van der Waals surface area contributed by atoms with Crippen molar-refractivity contribution in [1.82, 2.24) is 0 Å². The van der Waals surface area contributed by atoms with Crippen LogP contribution >= 0.6 is 0 Å². The molecule has 10 heteroatoms. The summed E-state index contributed by atoms with van der Waals surface area (Å²) in [5, 5.41) is 0. The topological polar surface area (TPSA) is 9.23 Å². The average molecular weight is 276 g/mol. The Bertz CT molecular complexity index is 263. The molecule has 0 spiro atoms. The van der Waals surface area contributed by atoms with Gasteiger partial charge in [-0.15, -0.1) is 0 Å². The number of alkyl halides is 7. The zero-order chi connectivity index (χ0) is 14.5. The fraction of sp³-hybridized carbons (Fsp3) is 0.429. The van der Waals surface area contributed by atoms with Gasteiger partial charge in [-0.3, -0.25) is 0 Å². The van der Waals surface area contributed by atoms with E-state index >= 15 is 0 Å². The Kier molecular flexibility index (Phi) is 6.18. The molecule has 0 rings (SSSR count). The third kappa shape index (κ3) is 5.50. The van der Waals surface area contributed by atoms with Crippen molar-refractivity contribution in [3.05, 3.63) is 25.5 Å². The van der Waals surface area contributed by atoms with Crippen molar-refractivity contribution in [3.63, 3.8) is 0 Å². The van der Waals surface area contributed by atoms with Crippen LogP contribution in [0.15, 0.2) is 25.5 Å². The molecule has 0 unspecified atom stereocenters. The quantitative estimate of drug-likeness (QED) is 0.550. The van der Waals surface area contributed by atoms with Crippen LogP contribution in [0.25, 0.3) is 0 Å². The molecule has 17 heavy (non-hydrogen) atoms. The molecule has 0 aromatic heterocycles. The second kappa shape index (κ2) is 5.82. The summed E-state index contributed by atoms with van der Waals surface area (Å²) in [5.74, 6) is -6.24. The summed E-state index contributed by atoms with van der Waals surface area (Å²) in [4.78, 5) is 0. The number of rotatable bonds is 3. The van der Waals surface area contributed by atoms with E-state index in [1.165, 1.54) is 0 Å². The second-order valence-corrected chi connectivity index (χ2v) is 2.21. The number of hydrogen-bond donors (Lipinski definition) is 0. The maximum atomic E-state index is 11.9. The van der Waals surface area contributed by atoms with Crippen LogP contribution in [0.5, 0.6) is 0 Å². The largest absolute Gasteiger partial charge is 0.473 e. The van der Waals surface area contributed by atoms with Gasteiger partial charge in [-0.05, 0) is 6.58 Å². The Morgan fingerprint density at radius 2 is 1.24 bits per heavy atom. The molecule has 0 saturated heterocycles. The number of ether oxygens (including phenoxy) is 1. The van der Waals surface area contributed by atoms with Gasteiger partial charge in [-0.25, -0.2) is 0 Å².